The molecule has 0 spiro atoms. The number of rotatable bonds is 12. The Balaban J connectivity index is 1.35. The lowest BCUT2D eigenvalue weighted by molar-refractivity contribution is -0.133. The van der Waals surface area contributed by atoms with Gasteiger partial charge in [0.15, 0.2) is 9.84 Å². The van der Waals surface area contributed by atoms with Gasteiger partial charge in [-0.2, -0.15) is 0 Å². The summed E-state index contributed by atoms with van der Waals surface area (Å²) in [5.74, 6) is -1.21. The van der Waals surface area contributed by atoms with E-state index in [-0.39, 0.29) is 52.3 Å². The van der Waals surface area contributed by atoms with E-state index >= 15 is 0 Å². The van der Waals surface area contributed by atoms with Crippen molar-refractivity contribution < 1.29 is 31.2 Å². The topological polar surface area (TPSA) is 138 Å². The Kier molecular flexibility index (Phi) is 10.9. The molecule has 9 nitrogen and oxygen atoms in total. The van der Waals surface area contributed by atoms with E-state index in [1.807, 2.05) is 74.5 Å². The molecule has 4 aromatic carbocycles. The van der Waals surface area contributed by atoms with Crippen LogP contribution in [-0.4, -0.2) is 77.3 Å². The highest BCUT2D eigenvalue weighted by Crippen LogP contribution is 2.40. The molecule has 0 unspecified atom stereocenters. The fourth-order valence-electron chi connectivity index (χ4n) is 6.41. The number of carbonyl (C=O) groups excluding carboxylic acids is 2. The van der Waals surface area contributed by atoms with Gasteiger partial charge >= 0.3 is 0 Å². The molecule has 49 heavy (non-hydrogen) atoms. The van der Waals surface area contributed by atoms with E-state index in [9.17, 15) is 31.2 Å². The van der Waals surface area contributed by atoms with Gasteiger partial charge < -0.3 is 15.0 Å². The SMILES string of the molecule is CC(C)(CCC[C@H](NC(=O)c1ccc(S(=O)(=O)c2ccccc2)cc1)C(=O)N1CCS(=O)(=O)CC1)[Si](O)(c1ccccc1)c1ccccc1. The van der Waals surface area contributed by atoms with Crippen LogP contribution in [0.2, 0.25) is 5.04 Å². The molecule has 2 N–H and O–H groups in total. The van der Waals surface area contributed by atoms with Crippen molar-refractivity contribution >= 4 is 50.2 Å². The predicted molar refractivity (Wildman–Crippen MR) is 193 cm³/mol. The van der Waals surface area contributed by atoms with Crippen LogP contribution < -0.4 is 15.7 Å². The van der Waals surface area contributed by atoms with E-state index in [1.54, 1.807) is 18.2 Å². The molecule has 0 aromatic heterocycles. The summed E-state index contributed by atoms with van der Waals surface area (Å²) in [5, 5.41) is 4.02. The van der Waals surface area contributed by atoms with Gasteiger partial charge in [0, 0.05) is 18.7 Å². The van der Waals surface area contributed by atoms with Crippen molar-refractivity contribution in [3.63, 3.8) is 0 Å². The Morgan fingerprint density at radius 2 is 1.27 bits per heavy atom. The van der Waals surface area contributed by atoms with Gasteiger partial charge in [0.05, 0.1) is 21.3 Å². The fraction of sp³-hybridized carbons (Fsp3) is 0.297. The third kappa shape index (κ3) is 8.04. The monoisotopic (exact) mass is 718 g/mol. The van der Waals surface area contributed by atoms with Crippen LogP contribution in [0.1, 0.15) is 43.5 Å². The Morgan fingerprint density at radius 1 is 0.796 bits per heavy atom. The zero-order valence-electron chi connectivity index (χ0n) is 27.7. The van der Waals surface area contributed by atoms with Gasteiger partial charge in [-0.25, -0.2) is 16.8 Å². The van der Waals surface area contributed by atoms with E-state index in [0.717, 1.165) is 10.4 Å². The number of nitrogens with zero attached hydrogens (tertiary/aromatic N) is 1. The van der Waals surface area contributed by atoms with Crippen LogP contribution in [0.4, 0.5) is 0 Å². The van der Waals surface area contributed by atoms with Crippen LogP contribution in [0.5, 0.6) is 0 Å². The second-order valence-corrected chi connectivity index (χ2v) is 21.2. The lowest BCUT2D eigenvalue weighted by atomic mass is 10.0. The molecule has 258 valence electrons. The first-order valence-corrected chi connectivity index (χ1v) is 21.5. The fourth-order valence-corrected chi connectivity index (χ4v) is 12.7. The summed E-state index contributed by atoms with van der Waals surface area (Å²) < 4.78 is 50.3. The lowest BCUT2D eigenvalue weighted by Gasteiger charge is -2.41. The second-order valence-electron chi connectivity index (χ2n) is 13.1. The zero-order chi connectivity index (χ0) is 35.3. The van der Waals surface area contributed by atoms with E-state index in [0.29, 0.717) is 12.8 Å². The Bertz CT molecular complexity index is 1920. The van der Waals surface area contributed by atoms with Crippen molar-refractivity contribution in [2.24, 2.45) is 0 Å². The van der Waals surface area contributed by atoms with Gasteiger partial charge in [-0.3, -0.25) is 9.59 Å². The largest absolute Gasteiger partial charge is 0.424 e. The average molecular weight is 719 g/mol. The third-order valence-electron chi connectivity index (χ3n) is 9.40. The highest BCUT2D eigenvalue weighted by atomic mass is 32.2. The highest BCUT2D eigenvalue weighted by molar-refractivity contribution is 7.91. The number of hydrogen-bond donors (Lipinski definition) is 2. The van der Waals surface area contributed by atoms with Gasteiger partial charge in [0.2, 0.25) is 15.7 Å². The van der Waals surface area contributed by atoms with Crippen molar-refractivity contribution in [2.45, 2.75) is 54.0 Å². The minimum absolute atomic E-state index is 0.0353. The zero-order valence-corrected chi connectivity index (χ0v) is 30.3. The van der Waals surface area contributed by atoms with Crippen LogP contribution in [0.25, 0.3) is 0 Å². The first-order chi connectivity index (χ1) is 23.2. The molecule has 5 rings (SSSR count). The van der Waals surface area contributed by atoms with E-state index in [4.69, 9.17) is 0 Å². The molecule has 0 bridgehead atoms. The molecular weight excluding hydrogens is 677 g/mol. The number of carbonyl (C=O) groups is 2. The van der Waals surface area contributed by atoms with E-state index in [1.165, 1.54) is 41.3 Å². The molecule has 2 amide bonds. The maximum atomic E-state index is 13.8. The number of benzene rings is 4. The van der Waals surface area contributed by atoms with Crippen molar-refractivity contribution in [3.8, 4) is 0 Å². The smallest absolute Gasteiger partial charge is 0.258 e. The maximum Gasteiger partial charge on any atom is 0.258 e. The first-order valence-electron chi connectivity index (χ1n) is 16.3. The molecule has 0 radical (unpaired) electrons. The lowest BCUT2D eigenvalue weighted by Crippen LogP contribution is -2.65. The summed E-state index contributed by atoms with van der Waals surface area (Å²) in [6.07, 6.45) is 1.28. The van der Waals surface area contributed by atoms with Crippen molar-refractivity contribution in [1.29, 1.82) is 0 Å². The molecule has 4 aromatic rings. The molecule has 1 aliphatic rings. The Hall–Kier alpha value is -4.10. The summed E-state index contributed by atoms with van der Waals surface area (Å²) >= 11 is 0. The molecule has 1 aliphatic heterocycles. The highest BCUT2D eigenvalue weighted by Gasteiger charge is 2.49. The van der Waals surface area contributed by atoms with Gasteiger partial charge in [-0.05, 0) is 64.7 Å². The summed E-state index contributed by atoms with van der Waals surface area (Å²) in [6, 6.07) is 31.9. The van der Waals surface area contributed by atoms with Crippen LogP contribution in [0, 0.1) is 0 Å². The molecule has 1 heterocycles. The number of nitrogens with one attached hydrogen (secondary N) is 1. The van der Waals surface area contributed by atoms with Crippen molar-refractivity contribution in [1.82, 2.24) is 10.2 Å². The molecule has 0 saturated carbocycles. The third-order valence-corrected chi connectivity index (χ3v) is 17.3. The quantitative estimate of drug-likeness (QED) is 0.214. The van der Waals surface area contributed by atoms with Crippen LogP contribution in [0.3, 0.4) is 0 Å². The van der Waals surface area contributed by atoms with Crippen molar-refractivity contribution in [2.75, 3.05) is 24.6 Å². The van der Waals surface area contributed by atoms with E-state index < -0.39 is 45.0 Å². The molecular formula is C37H42N2O7S2Si. The molecule has 1 atom stereocenters. The number of hydrogen-bond acceptors (Lipinski definition) is 7. The predicted octanol–water partition coefficient (Wildman–Crippen LogP) is 3.58. The van der Waals surface area contributed by atoms with Crippen molar-refractivity contribution in [3.05, 3.63) is 121 Å². The minimum Gasteiger partial charge on any atom is -0.424 e. The van der Waals surface area contributed by atoms with Crippen LogP contribution in [-0.2, 0) is 24.5 Å². The van der Waals surface area contributed by atoms with Gasteiger partial charge in [0.1, 0.15) is 6.04 Å². The molecule has 1 fully saturated rings. The molecule has 0 aliphatic carbocycles. The Labute approximate surface area is 290 Å². The Morgan fingerprint density at radius 3 is 1.78 bits per heavy atom. The van der Waals surface area contributed by atoms with Gasteiger partial charge in [-0.1, -0.05) is 99.1 Å². The molecule has 12 heteroatoms. The normalized spacial score (nSPS) is 15.7. The summed E-state index contributed by atoms with van der Waals surface area (Å²) in [6.45, 7) is 4.16. The minimum atomic E-state index is -3.78. The number of sulfone groups is 2. The molecule has 1 saturated heterocycles. The maximum absolute atomic E-state index is 13.8. The summed E-state index contributed by atoms with van der Waals surface area (Å²) in [7, 11) is -10.3. The number of amides is 2. The van der Waals surface area contributed by atoms with Gasteiger partial charge in [-0.15, -0.1) is 0 Å². The first kappa shape index (κ1) is 36.2. The summed E-state index contributed by atoms with van der Waals surface area (Å²) in [4.78, 5) is 41.5. The second kappa shape index (κ2) is 14.8. The van der Waals surface area contributed by atoms with E-state index in [2.05, 4.69) is 5.32 Å². The average Bonchev–Trinajstić information content (AvgIpc) is 3.11. The van der Waals surface area contributed by atoms with Gasteiger partial charge in [0.25, 0.3) is 14.2 Å². The standard InChI is InChI=1S/C37H42N2O7S2Si/c1-37(2,49(46,32-15-8-4-9-16-32)33-17-10-5-11-18-33)24-12-19-34(36(41)39-25-27-47(42,43)28-26-39)38-35(40)29-20-22-31(23-21-29)48(44,45)30-13-6-3-7-14-30/h3-11,13-18,20-23,34,46H,12,19,24-28H2,1-2H3,(H,38,40)/t34-/m0/s1. The van der Waals surface area contributed by atoms with Crippen LogP contribution in [0.15, 0.2) is 125 Å². The summed E-state index contributed by atoms with van der Waals surface area (Å²) in [5.41, 5.74) is 0.182. The van der Waals surface area contributed by atoms with Crippen LogP contribution >= 0.6 is 0 Å².